The fraction of sp³-hybridized carbons (Fsp3) is 0.846. The van der Waals surface area contributed by atoms with Gasteiger partial charge in [0.05, 0.1) is 0 Å². The Morgan fingerprint density at radius 1 is 1.14 bits per heavy atom. The number of hydrogen-bond donors (Lipinski definition) is 1. The van der Waals surface area contributed by atoms with Crippen molar-refractivity contribution >= 4 is 0 Å². The smallest absolute Gasteiger partial charge is 0.00513 e. The van der Waals surface area contributed by atoms with Gasteiger partial charge in [-0.15, -0.1) is 6.58 Å². The topological polar surface area (TPSA) is 26.0 Å². The Morgan fingerprint density at radius 3 is 2.07 bits per heavy atom. The molecule has 0 aromatic heterocycles. The SMILES string of the molecule is C=CC(CC(C)CN)C[C@@H](C)C(C)C. The number of nitrogens with two attached hydrogens (primary N) is 1. The van der Waals surface area contributed by atoms with Crippen molar-refractivity contribution in [2.24, 2.45) is 29.4 Å². The second-order valence-corrected chi connectivity index (χ2v) is 5.03. The molecule has 2 unspecified atom stereocenters. The van der Waals surface area contributed by atoms with Crippen LogP contribution >= 0.6 is 0 Å². The van der Waals surface area contributed by atoms with E-state index in [0.717, 1.165) is 18.4 Å². The molecule has 84 valence electrons. The first-order chi connectivity index (χ1) is 6.51. The van der Waals surface area contributed by atoms with Crippen molar-refractivity contribution in [3.05, 3.63) is 12.7 Å². The summed E-state index contributed by atoms with van der Waals surface area (Å²) in [7, 11) is 0. The van der Waals surface area contributed by atoms with E-state index in [0.29, 0.717) is 11.8 Å². The maximum atomic E-state index is 5.63. The molecular formula is C13H27N. The molecule has 0 saturated carbocycles. The second kappa shape index (κ2) is 7.05. The zero-order valence-electron chi connectivity index (χ0n) is 10.3. The summed E-state index contributed by atoms with van der Waals surface area (Å²) >= 11 is 0. The van der Waals surface area contributed by atoms with Crippen LogP contribution in [0.5, 0.6) is 0 Å². The summed E-state index contributed by atoms with van der Waals surface area (Å²) in [5.41, 5.74) is 5.63. The van der Waals surface area contributed by atoms with Gasteiger partial charge < -0.3 is 5.73 Å². The van der Waals surface area contributed by atoms with Crippen LogP contribution in [0.15, 0.2) is 12.7 Å². The van der Waals surface area contributed by atoms with Gasteiger partial charge >= 0.3 is 0 Å². The summed E-state index contributed by atoms with van der Waals surface area (Å²) in [6.45, 7) is 13.8. The van der Waals surface area contributed by atoms with Crippen LogP contribution in [0.2, 0.25) is 0 Å². The lowest BCUT2D eigenvalue weighted by Crippen LogP contribution is -2.17. The molecule has 0 aromatic rings. The molecule has 1 heteroatoms. The maximum absolute atomic E-state index is 5.63. The van der Waals surface area contributed by atoms with Crippen molar-refractivity contribution in [1.29, 1.82) is 0 Å². The molecule has 0 aliphatic rings. The number of allylic oxidation sites excluding steroid dienone is 1. The fourth-order valence-electron chi connectivity index (χ4n) is 1.65. The monoisotopic (exact) mass is 197 g/mol. The molecule has 0 rings (SSSR count). The van der Waals surface area contributed by atoms with Crippen molar-refractivity contribution in [2.75, 3.05) is 6.54 Å². The highest BCUT2D eigenvalue weighted by molar-refractivity contribution is 4.82. The molecule has 0 bridgehead atoms. The van der Waals surface area contributed by atoms with E-state index >= 15 is 0 Å². The highest BCUT2D eigenvalue weighted by atomic mass is 14.5. The third-order valence-corrected chi connectivity index (χ3v) is 3.25. The molecule has 0 fully saturated rings. The van der Waals surface area contributed by atoms with E-state index in [1.165, 1.54) is 12.8 Å². The predicted molar refractivity (Wildman–Crippen MR) is 65.1 cm³/mol. The van der Waals surface area contributed by atoms with Crippen molar-refractivity contribution in [3.8, 4) is 0 Å². The van der Waals surface area contributed by atoms with Crippen molar-refractivity contribution < 1.29 is 0 Å². The van der Waals surface area contributed by atoms with Crippen molar-refractivity contribution in [1.82, 2.24) is 0 Å². The Morgan fingerprint density at radius 2 is 1.71 bits per heavy atom. The molecule has 14 heavy (non-hydrogen) atoms. The molecule has 0 saturated heterocycles. The van der Waals surface area contributed by atoms with Gasteiger partial charge in [-0.3, -0.25) is 0 Å². The van der Waals surface area contributed by atoms with Gasteiger partial charge in [-0.25, -0.2) is 0 Å². The van der Waals surface area contributed by atoms with Crippen LogP contribution < -0.4 is 5.73 Å². The zero-order chi connectivity index (χ0) is 11.1. The van der Waals surface area contributed by atoms with E-state index in [-0.39, 0.29) is 0 Å². The Kier molecular flexibility index (Phi) is 6.90. The minimum Gasteiger partial charge on any atom is -0.330 e. The first kappa shape index (κ1) is 13.7. The minimum absolute atomic E-state index is 0.623. The largest absolute Gasteiger partial charge is 0.330 e. The second-order valence-electron chi connectivity index (χ2n) is 5.03. The molecular weight excluding hydrogens is 170 g/mol. The predicted octanol–water partition coefficient (Wildman–Crippen LogP) is 3.46. The highest BCUT2D eigenvalue weighted by Gasteiger charge is 2.15. The lowest BCUT2D eigenvalue weighted by atomic mass is 9.84. The maximum Gasteiger partial charge on any atom is -0.00513 e. The molecule has 0 aromatic carbocycles. The summed E-state index contributed by atoms with van der Waals surface area (Å²) in [5.74, 6) is 2.82. The summed E-state index contributed by atoms with van der Waals surface area (Å²) in [4.78, 5) is 0. The summed E-state index contributed by atoms with van der Waals surface area (Å²) in [6, 6.07) is 0. The first-order valence-corrected chi connectivity index (χ1v) is 5.83. The Bertz CT molecular complexity index is 151. The zero-order valence-corrected chi connectivity index (χ0v) is 10.3. The van der Waals surface area contributed by atoms with E-state index in [1.54, 1.807) is 0 Å². The molecule has 1 nitrogen and oxygen atoms in total. The van der Waals surface area contributed by atoms with Crippen LogP contribution in [-0.2, 0) is 0 Å². The Balaban J connectivity index is 3.96. The van der Waals surface area contributed by atoms with Gasteiger partial charge in [-0.05, 0) is 43.1 Å². The van der Waals surface area contributed by atoms with Crippen LogP contribution in [0.3, 0.4) is 0 Å². The van der Waals surface area contributed by atoms with E-state index in [1.807, 2.05) is 0 Å². The third kappa shape index (κ3) is 5.43. The Hall–Kier alpha value is -0.300. The van der Waals surface area contributed by atoms with Gasteiger partial charge in [0.25, 0.3) is 0 Å². The van der Waals surface area contributed by atoms with Crippen molar-refractivity contribution in [2.45, 2.75) is 40.5 Å². The normalized spacial score (nSPS) is 17.9. The van der Waals surface area contributed by atoms with Crippen molar-refractivity contribution in [3.63, 3.8) is 0 Å². The van der Waals surface area contributed by atoms with E-state index in [2.05, 4.69) is 40.3 Å². The van der Waals surface area contributed by atoms with Gasteiger partial charge in [0.1, 0.15) is 0 Å². The standard InChI is InChI=1S/C13H27N/c1-6-13(7-11(4)9-14)8-12(5)10(2)3/h6,10-13H,1,7-9,14H2,2-5H3/t11?,12-,13?/m1/s1. The molecule has 0 aliphatic carbocycles. The minimum atomic E-state index is 0.623. The first-order valence-electron chi connectivity index (χ1n) is 5.83. The van der Waals surface area contributed by atoms with E-state index in [4.69, 9.17) is 5.73 Å². The number of rotatable bonds is 7. The van der Waals surface area contributed by atoms with Gasteiger partial charge in [0.15, 0.2) is 0 Å². The van der Waals surface area contributed by atoms with Gasteiger partial charge in [-0.2, -0.15) is 0 Å². The number of hydrogen-bond acceptors (Lipinski definition) is 1. The van der Waals surface area contributed by atoms with Gasteiger partial charge in [-0.1, -0.05) is 33.8 Å². The summed E-state index contributed by atoms with van der Waals surface area (Å²) in [5, 5.41) is 0. The lowest BCUT2D eigenvalue weighted by molar-refractivity contribution is 0.318. The third-order valence-electron chi connectivity index (χ3n) is 3.25. The molecule has 0 spiro atoms. The molecule has 3 atom stereocenters. The summed E-state index contributed by atoms with van der Waals surface area (Å²) < 4.78 is 0. The van der Waals surface area contributed by atoms with Crippen LogP contribution in [0, 0.1) is 23.7 Å². The highest BCUT2D eigenvalue weighted by Crippen LogP contribution is 2.24. The average Bonchev–Trinajstić information content (AvgIpc) is 2.16. The lowest BCUT2D eigenvalue weighted by Gasteiger charge is -2.22. The van der Waals surface area contributed by atoms with Gasteiger partial charge in [0.2, 0.25) is 0 Å². The van der Waals surface area contributed by atoms with Crippen LogP contribution in [0.25, 0.3) is 0 Å². The molecule has 0 aliphatic heterocycles. The van der Waals surface area contributed by atoms with Gasteiger partial charge in [0, 0.05) is 0 Å². The van der Waals surface area contributed by atoms with Crippen LogP contribution in [0.4, 0.5) is 0 Å². The molecule has 0 heterocycles. The van der Waals surface area contributed by atoms with E-state index < -0.39 is 0 Å². The molecule has 0 radical (unpaired) electrons. The molecule has 2 N–H and O–H groups in total. The van der Waals surface area contributed by atoms with E-state index in [9.17, 15) is 0 Å². The van der Waals surface area contributed by atoms with Crippen LogP contribution in [0.1, 0.15) is 40.5 Å². The molecule has 0 amide bonds. The fourth-order valence-corrected chi connectivity index (χ4v) is 1.65. The average molecular weight is 197 g/mol. The Labute approximate surface area is 89.8 Å². The quantitative estimate of drug-likeness (QED) is 0.621. The van der Waals surface area contributed by atoms with Crippen LogP contribution in [-0.4, -0.2) is 6.54 Å². The summed E-state index contributed by atoms with van der Waals surface area (Å²) in [6.07, 6.45) is 4.55.